The Morgan fingerprint density at radius 1 is 1.09 bits per heavy atom. The van der Waals surface area contributed by atoms with Crippen molar-refractivity contribution in [3.8, 4) is 11.3 Å². The van der Waals surface area contributed by atoms with Gasteiger partial charge in [-0.05, 0) is 31.0 Å². The Balaban J connectivity index is 2.28. The average molecular weight is 350 g/mol. The number of halogens is 1. The summed E-state index contributed by atoms with van der Waals surface area (Å²) in [5.74, 6) is 0. The topological polar surface area (TPSA) is 56.9 Å². The van der Waals surface area contributed by atoms with Crippen LogP contribution in [0.3, 0.4) is 0 Å². The van der Waals surface area contributed by atoms with Gasteiger partial charge in [-0.2, -0.15) is 5.10 Å². The van der Waals surface area contributed by atoms with Crippen molar-refractivity contribution in [3.63, 3.8) is 0 Å². The van der Waals surface area contributed by atoms with Gasteiger partial charge in [-0.3, -0.25) is 4.68 Å². The van der Waals surface area contributed by atoms with E-state index < -0.39 is 10.0 Å². The van der Waals surface area contributed by atoms with Crippen molar-refractivity contribution < 1.29 is 8.42 Å². The molecule has 5 nitrogen and oxygen atoms in total. The molecule has 0 atom stereocenters. The summed E-state index contributed by atoms with van der Waals surface area (Å²) in [6, 6.07) is 11.2. The first-order valence-corrected chi connectivity index (χ1v) is 8.84. The SMILES string of the molecule is Cc1ccn(S(=O)(=O)c2c(C)nn(C)c2Cl)c1-c1ccccc1. The first-order chi connectivity index (χ1) is 10.8. The van der Waals surface area contributed by atoms with E-state index in [4.69, 9.17) is 11.6 Å². The molecule has 23 heavy (non-hydrogen) atoms. The maximum Gasteiger partial charge on any atom is 0.273 e. The maximum atomic E-state index is 13.1. The van der Waals surface area contributed by atoms with Crippen LogP contribution in [0.2, 0.25) is 5.15 Å². The van der Waals surface area contributed by atoms with Gasteiger partial charge in [0, 0.05) is 13.2 Å². The highest BCUT2D eigenvalue weighted by atomic mass is 35.5. The molecular weight excluding hydrogens is 334 g/mol. The number of benzene rings is 1. The van der Waals surface area contributed by atoms with Crippen LogP contribution in [0.15, 0.2) is 47.5 Å². The normalized spacial score (nSPS) is 11.8. The molecule has 0 spiro atoms. The molecule has 0 aliphatic heterocycles. The Kier molecular flexibility index (Phi) is 3.82. The monoisotopic (exact) mass is 349 g/mol. The van der Waals surface area contributed by atoms with Crippen LogP contribution in [0.4, 0.5) is 0 Å². The van der Waals surface area contributed by atoms with E-state index in [0.717, 1.165) is 11.1 Å². The first-order valence-electron chi connectivity index (χ1n) is 7.02. The molecule has 7 heteroatoms. The number of aryl methyl sites for hydroxylation is 3. The zero-order chi connectivity index (χ0) is 16.8. The minimum absolute atomic E-state index is 0.0365. The molecule has 120 valence electrons. The van der Waals surface area contributed by atoms with Crippen LogP contribution in [-0.2, 0) is 17.1 Å². The number of nitrogens with zero attached hydrogens (tertiary/aromatic N) is 3. The first kappa shape index (κ1) is 15.8. The van der Waals surface area contributed by atoms with Gasteiger partial charge in [0.1, 0.15) is 10.0 Å². The van der Waals surface area contributed by atoms with Gasteiger partial charge in [0.2, 0.25) is 0 Å². The maximum absolute atomic E-state index is 13.1. The Labute approximate surface area is 140 Å². The molecule has 0 radical (unpaired) electrons. The van der Waals surface area contributed by atoms with Crippen molar-refractivity contribution in [3.05, 3.63) is 59.0 Å². The van der Waals surface area contributed by atoms with E-state index >= 15 is 0 Å². The fraction of sp³-hybridized carbons (Fsp3) is 0.188. The predicted molar refractivity (Wildman–Crippen MR) is 90.1 cm³/mol. The third-order valence-electron chi connectivity index (χ3n) is 3.72. The van der Waals surface area contributed by atoms with Gasteiger partial charge >= 0.3 is 0 Å². The Morgan fingerprint density at radius 3 is 2.30 bits per heavy atom. The van der Waals surface area contributed by atoms with E-state index in [1.807, 2.05) is 37.3 Å². The van der Waals surface area contributed by atoms with Crippen LogP contribution in [0, 0.1) is 13.8 Å². The quantitative estimate of drug-likeness (QED) is 0.728. The zero-order valence-electron chi connectivity index (χ0n) is 13.0. The molecule has 0 bridgehead atoms. The van der Waals surface area contributed by atoms with Crippen LogP contribution in [0.1, 0.15) is 11.3 Å². The van der Waals surface area contributed by atoms with E-state index in [2.05, 4.69) is 5.10 Å². The third kappa shape index (κ3) is 2.48. The second kappa shape index (κ2) is 5.54. The van der Waals surface area contributed by atoms with Crippen LogP contribution in [-0.4, -0.2) is 22.2 Å². The summed E-state index contributed by atoms with van der Waals surface area (Å²) < 4.78 is 28.9. The Hall–Kier alpha value is -2.05. The van der Waals surface area contributed by atoms with Gasteiger partial charge < -0.3 is 0 Å². The minimum atomic E-state index is -3.84. The number of rotatable bonds is 3. The summed E-state index contributed by atoms with van der Waals surface area (Å²) in [5, 5.41) is 4.21. The Bertz CT molecular complexity index is 972. The molecule has 2 heterocycles. The van der Waals surface area contributed by atoms with E-state index in [1.165, 1.54) is 8.65 Å². The highest BCUT2D eigenvalue weighted by Crippen LogP contribution is 2.32. The van der Waals surface area contributed by atoms with Crippen molar-refractivity contribution in [2.24, 2.45) is 7.05 Å². The van der Waals surface area contributed by atoms with Gasteiger partial charge in [-0.1, -0.05) is 41.9 Å². The van der Waals surface area contributed by atoms with Crippen LogP contribution >= 0.6 is 11.6 Å². The minimum Gasteiger partial charge on any atom is -0.255 e. The lowest BCUT2D eigenvalue weighted by atomic mass is 10.1. The van der Waals surface area contributed by atoms with E-state index in [9.17, 15) is 8.42 Å². The van der Waals surface area contributed by atoms with Crippen molar-refractivity contribution in [1.29, 1.82) is 0 Å². The summed E-state index contributed by atoms with van der Waals surface area (Å²) in [6.07, 6.45) is 1.55. The van der Waals surface area contributed by atoms with E-state index in [-0.39, 0.29) is 10.0 Å². The molecular formula is C16H16ClN3O2S. The van der Waals surface area contributed by atoms with Crippen LogP contribution < -0.4 is 0 Å². The zero-order valence-corrected chi connectivity index (χ0v) is 14.6. The van der Waals surface area contributed by atoms with Gasteiger partial charge in [0.05, 0.1) is 11.4 Å². The standard InChI is InChI=1S/C16H16ClN3O2S/c1-11-9-10-20(14(11)13-7-5-4-6-8-13)23(21,22)15-12(2)18-19(3)16(15)17/h4-10H,1-3H3. The second-order valence-corrected chi connectivity index (χ2v) is 7.45. The van der Waals surface area contributed by atoms with Gasteiger partial charge in [-0.15, -0.1) is 0 Å². The predicted octanol–water partition coefficient (Wildman–Crippen LogP) is 3.40. The number of hydrogen-bond donors (Lipinski definition) is 0. The molecule has 0 saturated heterocycles. The summed E-state index contributed by atoms with van der Waals surface area (Å²) in [5.41, 5.74) is 2.71. The van der Waals surface area contributed by atoms with Gasteiger partial charge in [0.15, 0.2) is 0 Å². The molecule has 0 aliphatic rings. The lowest BCUT2D eigenvalue weighted by Crippen LogP contribution is -2.14. The van der Waals surface area contributed by atoms with Crippen LogP contribution in [0.5, 0.6) is 0 Å². The summed E-state index contributed by atoms with van der Waals surface area (Å²) in [7, 11) is -2.22. The average Bonchev–Trinajstić information content (AvgIpc) is 3.01. The van der Waals surface area contributed by atoms with Gasteiger partial charge in [0.25, 0.3) is 10.0 Å². The van der Waals surface area contributed by atoms with Crippen molar-refractivity contribution in [2.75, 3.05) is 0 Å². The fourth-order valence-corrected chi connectivity index (χ4v) is 4.79. The molecule has 3 rings (SSSR count). The molecule has 0 N–H and O–H groups in total. The lowest BCUT2D eigenvalue weighted by Gasteiger charge is -2.11. The third-order valence-corrected chi connectivity index (χ3v) is 6.09. The lowest BCUT2D eigenvalue weighted by molar-refractivity contribution is 0.587. The second-order valence-electron chi connectivity index (χ2n) is 5.34. The van der Waals surface area contributed by atoms with Crippen molar-refractivity contribution >= 4 is 21.6 Å². The van der Waals surface area contributed by atoms with Crippen molar-refractivity contribution in [2.45, 2.75) is 18.7 Å². The molecule has 0 saturated carbocycles. The van der Waals surface area contributed by atoms with Gasteiger partial charge in [-0.25, -0.2) is 12.4 Å². The molecule has 0 amide bonds. The fourth-order valence-electron chi connectivity index (χ4n) is 2.66. The molecule has 3 aromatic rings. The smallest absolute Gasteiger partial charge is 0.255 e. The molecule has 2 aromatic heterocycles. The highest BCUT2D eigenvalue weighted by Gasteiger charge is 2.29. The molecule has 0 fully saturated rings. The number of hydrogen-bond acceptors (Lipinski definition) is 3. The largest absolute Gasteiger partial charge is 0.273 e. The highest BCUT2D eigenvalue weighted by molar-refractivity contribution is 7.90. The summed E-state index contributed by atoms with van der Waals surface area (Å²) >= 11 is 6.16. The van der Waals surface area contributed by atoms with E-state index in [0.29, 0.717) is 11.4 Å². The molecule has 0 aliphatic carbocycles. The Morgan fingerprint density at radius 2 is 1.74 bits per heavy atom. The van der Waals surface area contributed by atoms with Crippen molar-refractivity contribution in [1.82, 2.24) is 13.8 Å². The van der Waals surface area contributed by atoms with Crippen LogP contribution in [0.25, 0.3) is 11.3 Å². The summed E-state index contributed by atoms with van der Waals surface area (Å²) in [6.45, 7) is 3.52. The van der Waals surface area contributed by atoms with E-state index in [1.54, 1.807) is 26.2 Å². The molecule has 0 unspecified atom stereocenters. The summed E-state index contributed by atoms with van der Waals surface area (Å²) in [4.78, 5) is 0.0365. The number of aromatic nitrogens is 3. The molecule has 1 aromatic carbocycles.